The third-order valence-corrected chi connectivity index (χ3v) is 4.10. The first kappa shape index (κ1) is 19.1. The van der Waals surface area contributed by atoms with Crippen LogP contribution in [-0.2, 0) is 6.61 Å². The monoisotopic (exact) mass is 361 g/mol. The van der Waals surface area contributed by atoms with Gasteiger partial charge in [-0.2, -0.15) is 0 Å². The minimum absolute atomic E-state index is 0.0867. The summed E-state index contributed by atoms with van der Waals surface area (Å²) in [6.07, 6.45) is 1.98. The van der Waals surface area contributed by atoms with Crippen molar-refractivity contribution < 1.29 is 14.3 Å². The number of hydrogen-bond donors (Lipinski definition) is 1. The molecule has 0 aromatic heterocycles. The van der Waals surface area contributed by atoms with Crippen LogP contribution in [0.5, 0.6) is 11.5 Å². The van der Waals surface area contributed by atoms with Gasteiger partial charge in [0, 0.05) is 22.2 Å². The minimum atomic E-state index is -0.0867. The Balaban J connectivity index is 2.10. The van der Waals surface area contributed by atoms with Crippen LogP contribution in [0.4, 0.5) is 0 Å². The van der Waals surface area contributed by atoms with E-state index < -0.39 is 0 Å². The maximum absolute atomic E-state index is 12.4. The van der Waals surface area contributed by atoms with E-state index in [1.807, 2.05) is 13.0 Å². The van der Waals surface area contributed by atoms with Crippen molar-refractivity contribution in [3.05, 3.63) is 58.6 Å². The lowest BCUT2D eigenvalue weighted by molar-refractivity contribution is 0.0938. The van der Waals surface area contributed by atoms with E-state index in [0.717, 1.165) is 18.4 Å². The largest absolute Gasteiger partial charge is 0.496 e. The molecule has 1 amide bonds. The van der Waals surface area contributed by atoms with Crippen molar-refractivity contribution >= 4 is 17.5 Å². The molecule has 2 aromatic carbocycles. The van der Waals surface area contributed by atoms with Crippen molar-refractivity contribution in [2.45, 2.75) is 39.3 Å². The van der Waals surface area contributed by atoms with Gasteiger partial charge in [-0.05, 0) is 55.8 Å². The summed E-state index contributed by atoms with van der Waals surface area (Å²) in [6.45, 7) is 4.41. The zero-order chi connectivity index (χ0) is 18.2. The van der Waals surface area contributed by atoms with E-state index in [0.29, 0.717) is 28.7 Å². The molecule has 5 heteroatoms. The molecule has 0 bridgehead atoms. The Bertz CT molecular complexity index is 701. The van der Waals surface area contributed by atoms with Crippen LogP contribution >= 0.6 is 11.6 Å². The molecular formula is C20H24ClNO3. The van der Waals surface area contributed by atoms with Crippen molar-refractivity contribution in [3.63, 3.8) is 0 Å². The van der Waals surface area contributed by atoms with Crippen LogP contribution in [-0.4, -0.2) is 19.1 Å². The van der Waals surface area contributed by atoms with Gasteiger partial charge in [0.05, 0.1) is 7.11 Å². The van der Waals surface area contributed by atoms with Gasteiger partial charge in [0.25, 0.3) is 5.91 Å². The Labute approximate surface area is 154 Å². The number of carbonyl (C=O) groups excluding carboxylic acids is 1. The molecule has 0 unspecified atom stereocenters. The van der Waals surface area contributed by atoms with Crippen molar-refractivity contribution in [3.8, 4) is 11.5 Å². The lowest BCUT2D eigenvalue weighted by Gasteiger charge is -2.15. The van der Waals surface area contributed by atoms with Crippen molar-refractivity contribution in [2.24, 2.45) is 0 Å². The Morgan fingerprint density at radius 2 is 1.92 bits per heavy atom. The normalized spacial score (nSPS) is 11.7. The number of methoxy groups -OCH3 is 1. The van der Waals surface area contributed by atoms with E-state index in [9.17, 15) is 4.79 Å². The Kier molecular flexibility index (Phi) is 7.14. The van der Waals surface area contributed by atoms with Gasteiger partial charge in [-0.25, -0.2) is 0 Å². The van der Waals surface area contributed by atoms with E-state index in [1.165, 1.54) is 0 Å². The fourth-order valence-corrected chi connectivity index (χ4v) is 2.66. The third-order valence-electron chi connectivity index (χ3n) is 3.85. The minimum Gasteiger partial charge on any atom is -0.496 e. The number of rotatable bonds is 8. The van der Waals surface area contributed by atoms with E-state index in [-0.39, 0.29) is 11.9 Å². The number of amides is 1. The van der Waals surface area contributed by atoms with E-state index in [2.05, 4.69) is 12.2 Å². The highest BCUT2D eigenvalue weighted by Gasteiger charge is 2.13. The summed E-state index contributed by atoms with van der Waals surface area (Å²) >= 11 is 5.88. The van der Waals surface area contributed by atoms with Crippen LogP contribution in [0.3, 0.4) is 0 Å². The molecule has 1 N–H and O–H groups in total. The number of halogens is 1. The number of benzene rings is 2. The van der Waals surface area contributed by atoms with Crippen molar-refractivity contribution in [1.29, 1.82) is 0 Å². The quantitative estimate of drug-likeness (QED) is 0.731. The molecule has 0 fully saturated rings. The maximum atomic E-state index is 12.4. The molecular weight excluding hydrogens is 338 g/mol. The summed E-state index contributed by atoms with van der Waals surface area (Å²) in [5.41, 5.74) is 1.41. The zero-order valence-electron chi connectivity index (χ0n) is 14.8. The molecule has 134 valence electrons. The van der Waals surface area contributed by atoms with E-state index >= 15 is 0 Å². The Morgan fingerprint density at radius 1 is 1.20 bits per heavy atom. The average molecular weight is 362 g/mol. The number of ether oxygens (including phenoxy) is 2. The molecule has 0 saturated heterocycles. The molecule has 0 saturated carbocycles. The first-order chi connectivity index (χ1) is 12.0. The summed E-state index contributed by atoms with van der Waals surface area (Å²) in [4.78, 5) is 12.4. The summed E-state index contributed by atoms with van der Waals surface area (Å²) in [5, 5.41) is 3.66. The average Bonchev–Trinajstić information content (AvgIpc) is 2.61. The standard InChI is InChI=1S/C20H24ClNO3/c1-4-5-14(2)22-20(23)15-6-11-19(24-3)16(12-15)13-25-18-9-7-17(21)8-10-18/h6-12,14H,4-5,13H2,1-3H3,(H,22,23)/t14-/m1/s1. The second kappa shape index (κ2) is 9.33. The zero-order valence-corrected chi connectivity index (χ0v) is 15.6. The predicted molar refractivity (Wildman–Crippen MR) is 101 cm³/mol. The van der Waals surface area contributed by atoms with Crippen LogP contribution in [0, 0.1) is 0 Å². The highest BCUT2D eigenvalue weighted by molar-refractivity contribution is 6.30. The fraction of sp³-hybridized carbons (Fsp3) is 0.350. The van der Waals surface area contributed by atoms with E-state index in [1.54, 1.807) is 43.5 Å². The SMILES string of the molecule is CCC[C@@H](C)NC(=O)c1ccc(OC)c(COc2ccc(Cl)cc2)c1. The lowest BCUT2D eigenvalue weighted by Crippen LogP contribution is -2.32. The molecule has 0 aliphatic heterocycles. The Morgan fingerprint density at radius 3 is 2.56 bits per heavy atom. The number of carbonyl (C=O) groups is 1. The molecule has 4 nitrogen and oxygen atoms in total. The van der Waals surface area contributed by atoms with Crippen LogP contribution in [0.15, 0.2) is 42.5 Å². The van der Waals surface area contributed by atoms with Crippen molar-refractivity contribution in [1.82, 2.24) is 5.32 Å². The maximum Gasteiger partial charge on any atom is 0.251 e. The summed E-state index contributed by atoms with van der Waals surface area (Å²) in [7, 11) is 1.60. The van der Waals surface area contributed by atoms with Gasteiger partial charge < -0.3 is 14.8 Å². The summed E-state index contributed by atoms with van der Waals surface area (Å²) in [5.74, 6) is 1.31. The first-order valence-corrected chi connectivity index (χ1v) is 8.77. The highest BCUT2D eigenvalue weighted by atomic mass is 35.5. The van der Waals surface area contributed by atoms with Crippen molar-refractivity contribution in [2.75, 3.05) is 7.11 Å². The smallest absolute Gasteiger partial charge is 0.251 e. The van der Waals surface area contributed by atoms with Gasteiger partial charge >= 0.3 is 0 Å². The topological polar surface area (TPSA) is 47.6 Å². The summed E-state index contributed by atoms with van der Waals surface area (Å²) in [6, 6.07) is 12.7. The van der Waals surface area contributed by atoms with Gasteiger partial charge in [0.2, 0.25) is 0 Å². The molecule has 0 aliphatic carbocycles. The second-order valence-corrected chi connectivity index (χ2v) is 6.37. The molecule has 0 spiro atoms. The second-order valence-electron chi connectivity index (χ2n) is 5.93. The van der Waals surface area contributed by atoms with Gasteiger partial charge in [0.1, 0.15) is 18.1 Å². The van der Waals surface area contributed by atoms with Crippen LogP contribution < -0.4 is 14.8 Å². The lowest BCUT2D eigenvalue weighted by atomic mass is 10.1. The van der Waals surface area contributed by atoms with Gasteiger partial charge in [-0.15, -0.1) is 0 Å². The first-order valence-electron chi connectivity index (χ1n) is 8.39. The Hall–Kier alpha value is -2.20. The van der Waals surface area contributed by atoms with Gasteiger partial charge in [-0.1, -0.05) is 24.9 Å². The molecule has 1 atom stereocenters. The highest BCUT2D eigenvalue weighted by Crippen LogP contribution is 2.23. The predicted octanol–water partition coefficient (Wildman–Crippen LogP) is 4.85. The molecule has 2 rings (SSSR count). The van der Waals surface area contributed by atoms with Gasteiger partial charge in [-0.3, -0.25) is 4.79 Å². The van der Waals surface area contributed by atoms with Crippen LogP contribution in [0.25, 0.3) is 0 Å². The number of nitrogens with one attached hydrogen (secondary N) is 1. The molecule has 0 heterocycles. The third kappa shape index (κ3) is 5.68. The van der Waals surface area contributed by atoms with E-state index in [4.69, 9.17) is 21.1 Å². The van der Waals surface area contributed by atoms with Gasteiger partial charge in [0.15, 0.2) is 0 Å². The molecule has 0 aliphatic rings. The van der Waals surface area contributed by atoms with Crippen LogP contribution in [0.1, 0.15) is 42.6 Å². The fourth-order valence-electron chi connectivity index (χ4n) is 2.54. The molecule has 25 heavy (non-hydrogen) atoms. The molecule has 2 aromatic rings. The van der Waals surface area contributed by atoms with Crippen LogP contribution in [0.2, 0.25) is 5.02 Å². The number of hydrogen-bond acceptors (Lipinski definition) is 3. The molecule has 0 radical (unpaired) electrons. The summed E-state index contributed by atoms with van der Waals surface area (Å²) < 4.78 is 11.1.